The molecule has 0 saturated carbocycles. The fraction of sp³-hybridized carbons (Fsp3) is 0.0833. The van der Waals surface area contributed by atoms with Gasteiger partial charge in [-0.1, -0.05) is 30.3 Å². The lowest BCUT2D eigenvalue weighted by Gasteiger charge is -2.12. The normalized spacial score (nSPS) is 10.5. The third-order valence-electron chi connectivity index (χ3n) is 4.82. The molecule has 7 nitrogen and oxygen atoms in total. The van der Waals surface area contributed by atoms with Crippen molar-refractivity contribution in [1.29, 1.82) is 0 Å². The summed E-state index contributed by atoms with van der Waals surface area (Å²) < 4.78 is 1.60. The zero-order valence-electron chi connectivity index (χ0n) is 17.2. The minimum Gasteiger partial charge on any atom is -0.322 e. The Morgan fingerprint density at radius 2 is 1.61 bits per heavy atom. The molecule has 0 aliphatic heterocycles. The van der Waals surface area contributed by atoms with Crippen molar-refractivity contribution in [3.8, 4) is 5.82 Å². The molecule has 2 amide bonds. The van der Waals surface area contributed by atoms with Crippen molar-refractivity contribution < 1.29 is 9.59 Å². The van der Waals surface area contributed by atoms with Gasteiger partial charge in [0.05, 0.1) is 28.7 Å². The van der Waals surface area contributed by atoms with Crippen LogP contribution in [0.3, 0.4) is 0 Å². The van der Waals surface area contributed by atoms with E-state index < -0.39 is 0 Å². The number of benzene rings is 2. The van der Waals surface area contributed by atoms with Gasteiger partial charge < -0.3 is 10.6 Å². The van der Waals surface area contributed by atoms with Crippen molar-refractivity contribution in [3.63, 3.8) is 0 Å². The van der Waals surface area contributed by atoms with E-state index in [9.17, 15) is 9.59 Å². The van der Waals surface area contributed by atoms with Gasteiger partial charge in [-0.2, -0.15) is 5.10 Å². The summed E-state index contributed by atoms with van der Waals surface area (Å²) in [5.74, 6) is -0.0325. The van der Waals surface area contributed by atoms with Gasteiger partial charge in [-0.25, -0.2) is 9.67 Å². The van der Waals surface area contributed by atoms with E-state index in [2.05, 4.69) is 20.7 Å². The quantitative estimate of drug-likeness (QED) is 0.510. The van der Waals surface area contributed by atoms with Gasteiger partial charge in [-0.15, -0.1) is 0 Å². The Kier molecular flexibility index (Phi) is 5.57. The lowest BCUT2D eigenvalue weighted by molar-refractivity contribution is 0.102. The molecule has 4 aromatic rings. The Morgan fingerprint density at radius 3 is 2.39 bits per heavy atom. The number of rotatable bonds is 5. The second kappa shape index (κ2) is 8.62. The summed E-state index contributed by atoms with van der Waals surface area (Å²) in [6.07, 6.45) is 3.16. The summed E-state index contributed by atoms with van der Waals surface area (Å²) in [6, 6.07) is 19.9. The van der Waals surface area contributed by atoms with Gasteiger partial charge in [0.15, 0.2) is 5.82 Å². The molecule has 0 radical (unpaired) electrons. The van der Waals surface area contributed by atoms with Crippen LogP contribution in [0.2, 0.25) is 0 Å². The van der Waals surface area contributed by atoms with Crippen molar-refractivity contribution in [2.24, 2.45) is 0 Å². The molecular weight excluding hydrogens is 390 g/mol. The molecule has 0 unspecified atom stereocenters. The lowest BCUT2D eigenvalue weighted by Crippen LogP contribution is -2.18. The van der Waals surface area contributed by atoms with E-state index in [-0.39, 0.29) is 11.8 Å². The predicted molar refractivity (Wildman–Crippen MR) is 120 cm³/mol. The molecule has 7 heteroatoms. The van der Waals surface area contributed by atoms with Crippen LogP contribution in [0.5, 0.6) is 0 Å². The molecule has 4 rings (SSSR count). The maximum absolute atomic E-state index is 12.9. The van der Waals surface area contributed by atoms with Gasteiger partial charge in [-0.3, -0.25) is 9.59 Å². The second-order valence-electron chi connectivity index (χ2n) is 7.07. The van der Waals surface area contributed by atoms with Crippen LogP contribution in [-0.2, 0) is 0 Å². The highest BCUT2D eigenvalue weighted by molar-refractivity contribution is 6.12. The van der Waals surface area contributed by atoms with E-state index in [4.69, 9.17) is 0 Å². The average molecular weight is 411 g/mol. The van der Waals surface area contributed by atoms with Crippen LogP contribution in [0.4, 0.5) is 11.4 Å². The number of anilines is 2. The third kappa shape index (κ3) is 4.35. The zero-order chi connectivity index (χ0) is 21.8. The predicted octanol–water partition coefficient (Wildman–Crippen LogP) is 4.39. The summed E-state index contributed by atoms with van der Waals surface area (Å²) >= 11 is 0. The standard InChI is InChI=1S/C24H21N5O2/c1-16-8-7-9-18(14-16)27-23(30)19-10-3-4-11-21(19)28-24(31)20-15-26-29(17(20)2)22-12-5-6-13-25-22/h3-15H,1-2H3,(H,27,30)(H,28,31). The minimum absolute atomic E-state index is 0.303. The Labute approximate surface area is 179 Å². The van der Waals surface area contributed by atoms with Gasteiger partial charge in [0, 0.05) is 11.9 Å². The van der Waals surface area contributed by atoms with E-state index in [0.717, 1.165) is 5.56 Å². The van der Waals surface area contributed by atoms with Gasteiger partial charge in [-0.05, 0) is 55.8 Å². The van der Waals surface area contributed by atoms with Crippen LogP contribution in [0.25, 0.3) is 5.82 Å². The molecule has 0 atom stereocenters. The molecule has 2 aromatic carbocycles. The molecule has 2 N–H and O–H groups in total. The number of nitrogens with zero attached hydrogens (tertiary/aromatic N) is 3. The van der Waals surface area contributed by atoms with E-state index in [1.54, 1.807) is 42.1 Å². The molecule has 31 heavy (non-hydrogen) atoms. The number of para-hydroxylation sites is 1. The number of carbonyl (C=O) groups is 2. The molecule has 0 fully saturated rings. The van der Waals surface area contributed by atoms with Crippen LogP contribution in [0.1, 0.15) is 32.0 Å². The highest BCUT2D eigenvalue weighted by Gasteiger charge is 2.18. The first-order valence-corrected chi connectivity index (χ1v) is 9.77. The number of hydrogen-bond donors (Lipinski definition) is 2. The molecule has 0 bridgehead atoms. The van der Waals surface area contributed by atoms with E-state index in [1.165, 1.54) is 6.20 Å². The van der Waals surface area contributed by atoms with Gasteiger partial charge in [0.2, 0.25) is 0 Å². The summed E-state index contributed by atoms with van der Waals surface area (Å²) in [5, 5.41) is 10.00. The van der Waals surface area contributed by atoms with Crippen molar-refractivity contribution in [1.82, 2.24) is 14.8 Å². The molecule has 0 spiro atoms. The van der Waals surface area contributed by atoms with Crippen LogP contribution < -0.4 is 10.6 Å². The number of aryl methyl sites for hydroxylation is 1. The zero-order valence-corrected chi connectivity index (χ0v) is 17.2. The maximum atomic E-state index is 12.9. The topological polar surface area (TPSA) is 88.9 Å². The SMILES string of the molecule is Cc1cccc(NC(=O)c2ccccc2NC(=O)c2cnn(-c3ccccn3)c2C)c1. The summed E-state index contributed by atoms with van der Waals surface area (Å²) in [5.41, 5.74) is 3.57. The van der Waals surface area contributed by atoms with Gasteiger partial charge >= 0.3 is 0 Å². The Hall–Kier alpha value is -4.26. The second-order valence-corrected chi connectivity index (χ2v) is 7.07. The largest absolute Gasteiger partial charge is 0.322 e. The number of hydrogen-bond acceptors (Lipinski definition) is 4. The minimum atomic E-state index is -0.351. The fourth-order valence-corrected chi connectivity index (χ4v) is 3.24. The van der Waals surface area contributed by atoms with Gasteiger partial charge in [0.1, 0.15) is 0 Å². The molecule has 2 aromatic heterocycles. The molecule has 2 heterocycles. The summed E-state index contributed by atoms with van der Waals surface area (Å²) in [6.45, 7) is 3.75. The number of aromatic nitrogens is 3. The number of pyridine rings is 1. The lowest BCUT2D eigenvalue weighted by atomic mass is 10.1. The van der Waals surface area contributed by atoms with Gasteiger partial charge in [0.25, 0.3) is 11.8 Å². The summed E-state index contributed by atoms with van der Waals surface area (Å²) in [7, 11) is 0. The van der Waals surface area contributed by atoms with Crippen LogP contribution in [0.15, 0.2) is 79.1 Å². The average Bonchev–Trinajstić information content (AvgIpc) is 3.16. The smallest absolute Gasteiger partial charge is 0.259 e. The first-order chi connectivity index (χ1) is 15.0. The van der Waals surface area contributed by atoms with Crippen molar-refractivity contribution >= 4 is 23.2 Å². The van der Waals surface area contributed by atoms with Crippen molar-refractivity contribution in [3.05, 3.63) is 102 Å². The highest BCUT2D eigenvalue weighted by Crippen LogP contribution is 2.20. The van der Waals surface area contributed by atoms with Crippen LogP contribution in [-0.4, -0.2) is 26.6 Å². The Morgan fingerprint density at radius 1 is 0.839 bits per heavy atom. The Bertz CT molecular complexity index is 1250. The fourth-order valence-electron chi connectivity index (χ4n) is 3.24. The monoisotopic (exact) mass is 411 g/mol. The first kappa shape index (κ1) is 20.0. The molecule has 154 valence electrons. The molecule has 0 aliphatic carbocycles. The van der Waals surface area contributed by atoms with Crippen LogP contribution >= 0.6 is 0 Å². The Balaban J connectivity index is 1.56. The molecule has 0 aliphatic rings. The molecular formula is C24H21N5O2. The van der Waals surface area contributed by atoms with E-state index in [1.807, 2.05) is 49.4 Å². The third-order valence-corrected chi connectivity index (χ3v) is 4.82. The van der Waals surface area contributed by atoms with Crippen molar-refractivity contribution in [2.75, 3.05) is 10.6 Å². The highest BCUT2D eigenvalue weighted by atomic mass is 16.2. The number of amides is 2. The van der Waals surface area contributed by atoms with E-state index >= 15 is 0 Å². The van der Waals surface area contributed by atoms with Crippen molar-refractivity contribution in [2.45, 2.75) is 13.8 Å². The van der Waals surface area contributed by atoms with E-state index in [0.29, 0.717) is 34.0 Å². The first-order valence-electron chi connectivity index (χ1n) is 9.77. The summed E-state index contributed by atoms with van der Waals surface area (Å²) in [4.78, 5) is 30.0. The van der Waals surface area contributed by atoms with Crippen LogP contribution in [0, 0.1) is 13.8 Å². The molecule has 0 saturated heterocycles. The number of nitrogens with one attached hydrogen (secondary N) is 2. The maximum Gasteiger partial charge on any atom is 0.259 e. The number of carbonyl (C=O) groups excluding carboxylic acids is 2.